The zero-order chi connectivity index (χ0) is 21.9. The quantitative estimate of drug-likeness (QED) is 0.432. The second-order valence-electron chi connectivity index (χ2n) is 8.91. The zero-order valence-electron chi connectivity index (χ0n) is 17.6. The molecule has 1 aromatic rings. The van der Waals surface area contributed by atoms with Crippen LogP contribution in [0.4, 0.5) is 5.69 Å². The van der Waals surface area contributed by atoms with Gasteiger partial charge in [-0.05, 0) is 43.6 Å². The van der Waals surface area contributed by atoms with Gasteiger partial charge in [0.1, 0.15) is 6.04 Å². The van der Waals surface area contributed by atoms with Crippen LogP contribution in [0, 0.1) is 5.41 Å². The predicted molar refractivity (Wildman–Crippen MR) is 112 cm³/mol. The van der Waals surface area contributed by atoms with Crippen molar-refractivity contribution in [2.45, 2.75) is 58.0 Å². The number of nitrogens with zero attached hydrogens (tertiary/aromatic N) is 2. The van der Waals surface area contributed by atoms with E-state index in [4.69, 9.17) is 11.1 Å². The number of carbonyl (C=O) groups is 3. The van der Waals surface area contributed by atoms with Crippen LogP contribution in [-0.2, 0) is 14.4 Å². The van der Waals surface area contributed by atoms with E-state index < -0.39 is 11.9 Å². The molecule has 30 heavy (non-hydrogen) atoms. The van der Waals surface area contributed by atoms with Crippen molar-refractivity contribution in [1.29, 1.82) is 0 Å². The molecule has 1 saturated carbocycles. The van der Waals surface area contributed by atoms with E-state index in [9.17, 15) is 14.4 Å². The molecular formula is C21H31N6O3+. The lowest BCUT2D eigenvalue weighted by Gasteiger charge is -2.26. The van der Waals surface area contributed by atoms with Gasteiger partial charge in [0.2, 0.25) is 11.8 Å². The van der Waals surface area contributed by atoms with E-state index in [0.717, 1.165) is 25.7 Å². The van der Waals surface area contributed by atoms with Gasteiger partial charge in [-0.25, -0.2) is 5.41 Å². The lowest BCUT2D eigenvalue weighted by atomic mass is 9.92. The number of hydrogen-bond donors (Lipinski definition) is 4. The first-order valence-electron chi connectivity index (χ1n) is 10.4. The number of aromatic nitrogens is 1. The second-order valence-corrected chi connectivity index (χ2v) is 8.91. The molecule has 2 heterocycles. The summed E-state index contributed by atoms with van der Waals surface area (Å²) >= 11 is 0. The Bertz CT molecular complexity index is 853. The van der Waals surface area contributed by atoms with Crippen molar-refractivity contribution in [3.63, 3.8) is 0 Å². The number of carbonyl (C=O) groups excluding carboxylic acids is 3. The fraction of sp³-hybridized carbons (Fsp3) is 0.571. The first-order chi connectivity index (χ1) is 14.2. The van der Waals surface area contributed by atoms with Crippen LogP contribution < -0.4 is 21.8 Å². The average Bonchev–Trinajstić information content (AvgIpc) is 3.32. The fourth-order valence-electron chi connectivity index (χ4n) is 4.37. The molecule has 2 fully saturated rings. The first kappa shape index (κ1) is 21.7. The normalized spacial score (nSPS) is 22.5. The molecule has 3 rings (SSSR count). The molecule has 0 bridgehead atoms. The van der Waals surface area contributed by atoms with Gasteiger partial charge >= 0.3 is 5.91 Å². The number of hydrogen-bond acceptors (Lipinski definition) is 5. The number of nitrogens with one attached hydrogen (secondary N) is 2. The van der Waals surface area contributed by atoms with Gasteiger partial charge in [-0.3, -0.25) is 19.4 Å². The average molecular weight is 416 g/mol. The summed E-state index contributed by atoms with van der Waals surface area (Å²) in [7, 11) is 0. The molecule has 0 spiro atoms. The SMILES string of the molecule is CC1(C)CCC(NC(=O)[C@@H]2CCCN2C(=O)CNc2cnccc2C(=[NH2+])C(N)=O)C1. The molecule has 2 atom stereocenters. The minimum Gasteiger partial charge on any atom is -0.374 e. The number of primary amides is 1. The van der Waals surface area contributed by atoms with E-state index in [1.807, 2.05) is 0 Å². The van der Waals surface area contributed by atoms with Gasteiger partial charge in [-0.1, -0.05) is 13.8 Å². The summed E-state index contributed by atoms with van der Waals surface area (Å²) in [6, 6.07) is 1.29. The molecule has 3 amide bonds. The van der Waals surface area contributed by atoms with Crippen molar-refractivity contribution in [2.75, 3.05) is 18.4 Å². The zero-order valence-corrected chi connectivity index (χ0v) is 17.6. The van der Waals surface area contributed by atoms with E-state index in [1.165, 1.54) is 12.4 Å². The summed E-state index contributed by atoms with van der Waals surface area (Å²) in [6.45, 7) is 4.94. The highest BCUT2D eigenvalue weighted by Crippen LogP contribution is 2.37. The van der Waals surface area contributed by atoms with Crippen LogP contribution in [0.15, 0.2) is 18.5 Å². The van der Waals surface area contributed by atoms with Crippen LogP contribution in [0.2, 0.25) is 0 Å². The molecule has 0 radical (unpaired) electrons. The molecule has 1 unspecified atom stereocenters. The van der Waals surface area contributed by atoms with Gasteiger partial charge in [0, 0.05) is 18.8 Å². The number of anilines is 1. The van der Waals surface area contributed by atoms with E-state index in [2.05, 4.69) is 29.5 Å². The largest absolute Gasteiger partial charge is 0.374 e. The molecule has 1 saturated heterocycles. The summed E-state index contributed by atoms with van der Waals surface area (Å²) in [5, 5.41) is 11.9. The van der Waals surface area contributed by atoms with E-state index in [-0.39, 0.29) is 35.5 Å². The third-order valence-electron chi connectivity index (χ3n) is 6.00. The first-order valence-corrected chi connectivity index (χ1v) is 10.4. The van der Waals surface area contributed by atoms with Gasteiger partial charge < -0.3 is 21.3 Å². The van der Waals surface area contributed by atoms with E-state index in [0.29, 0.717) is 24.2 Å². The number of rotatable bonds is 7. The van der Waals surface area contributed by atoms with Gasteiger partial charge in [-0.15, -0.1) is 0 Å². The third-order valence-corrected chi connectivity index (χ3v) is 6.00. The molecule has 2 aliphatic rings. The second kappa shape index (κ2) is 8.81. The lowest BCUT2D eigenvalue weighted by molar-refractivity contribution is -0.137. The van der Waals surface area contributed by atoms with Crippen molar-refractivity contribution in [2.24, 2.45) is 11.1 Å². The number of likely N-dealkylation sites (tertiary alicyclic amines) is 1. The van der Waals surface area contributed by atoms with E-state index in [1.54, 1.807) is 11.0 Å². The Morgan fingerprint density at radius 2 is 2.10 bits per heavy atom. The van der Waals surface area contributed by atoms with E-state index >= 15 is 0 Å². The third kappa shape index (κ3) is 4.95. The highest BCUT2D eigenvalue weighted by atomic mass is 16.2. The molecule has 1 aliphatic carbocycles. The summed E-state index contributed by atoms with van der Waals surface area (Å²) in [5.74, 6) is -1.01. The minimum atomic E-state index is -0.748. The molecular weight excluding hydrogens is 384 g/mol. The molecule has 9 nitrogen and oxygen atoms in total. The van der Waals surface area contributed by atoms with Gasteiger partial charge in [-0.2, -0.15) is 0 Å². The smallest absolute Gasteiger partial charge is 0.313 e. The Hall–Kier alpha value is -2.97. The standard InChI is InChI=1S/C21H30N6O3/c1-21(2)7-5-13(10-21)26-20(30)16-4-3-9-27(16)17(28)12-25-15-11-24-8-6-14(15)18(22)19(23)29/h6,8,11,13,16,22,25H,3-5,7,9-10,12H2,1-2H3,(H2,23,29)(H,26,30)/p+1/t13?,16-/m0/s1. The fourth-order valence-corrected chi connectivity index (χ4v) is 4.37. The Labute approximate surface area is 176 Å². The van der Waals surface area contributed by atoms with Crippen LogP contribution in [-0.4, -0.2) is 58.5 Å². The van der Waals surface area contributed by atoms with Crippen LogP contribution in [0.25, 0.3) is 0 Å². The van der Waals surface area contributed by atoms with Crippen LogP contribution in [0.1, 0.15) is 51.5 Å². The Kier molecular flexibility index (Phi) is 6.38. The summed E-state index contributed by atoms with van der Waals surface area (Å²) in [6.07, 6.45) is 7.45. The molecule has 6 N–H and O–H groups in total. The molecule has 1 aromatic heterocycles. The van der Waals surface area contributed by atoms with Gasteiger partial charge in [0.15, 0.2) is 0 Å². The van der Waals surface area contributed by atoms with Crippen LogP contribution in [0.5, 0.6) is 0 Å². The minimum absolute atomic E-state index is 0.0367. The lowest BCUT2D eigenvalue weighted by Crippen LogP contribution is -2.50. The Morgan fingerprint density at radius 3 is 2.77 bits per heavy atom. The number of nitrogens with two attached hydrogens (primary N) is 2. The summed E-state index contributed by atoms with van der Waals surface area (Å²) in [4.78, 5) is 42.7. The van der Waals surface area contributed by atoms with Gasteiger partial charge in [0.25, 0.3) is 5.71 Å². The maximum absolute atomic E-state index is 12.8. The summed E-state index contributed by atoms with van der Waals surface area (Å²) in [5.41, 5.74) is 6.23. The van der Waals surface area contributed by atoms with Crippen molar-refractivity contribution in [1.82, 2.24) is 15.2 Å². The highest BCUT2D eigenvalue weighted by molar-refractivity contribution is 6.43. The maximum atomic E-state index is 12.8. The number of amides is 3. The van der Waals surface area contributed by atoms with Crippen molar-refractivity contribution < 1.29 is 19.8 Å². The Morgan fingerprint density at radius 1 is 1.33 bits per heavy atom. The van der Waals surface area contributed by atoms with Crippen molar-refractivity contribution in [3.8, 4) is 0 Å². The van der Waals surface area contributed by atoms with Crippen LogP contribution in [0.3, 0.4) is 0 Å². The predicted octanol–water partition coefficient (Wildman–Crippen LogP) is -0.787. The molecule has 1 aliphatic heterocycles. The molecule has 9 heteroatoms. The van der Waals surface area contributed by atoms with Crippen LogP contribution >= 0.6 is 0 Å². The maximum Gasteiger partial charge on any atom is 0.313 e. The number of pyridine rings is 1. The monoisotopic (exact) mass is 415 g/mol. The Balaban J connectivity index is 1.60. The summed E-state index contributed by atoms with van der Waals surface area (Å²) < 4.78 is 0. The molecule has 162 valence electrons. The topological polar surface area (TPSA) is 143 Å². The van der Waals surface area contributed by atoms with Crippen molar-refractivity contribution >= 4 is 29.1 Å². The van der Waals surface area contributed by atoms with Crippen molar-refractivity contribution in [3.05, 3.63) is 24.0 Å². The molecule has 0 aromatic carbocycles. The highest BCUT2D eigenvalue weighted by Gasteiger charge is 2.37. The van der Waals surface area contributed by atoms with Gasteiger partial charge in [0.05, 0.1) is 24.0 Å².